The Bertz CT molecular complexity index is 1390. The molecule has 0 aliphatic carbocycles. The van der Waals surface area contributed by atoms with Crippen LogP contribution in [0, 0.1) is 0 Å². The van der Waals surface area contributed by atoms with Crippen LogP contribution in [0.4, 0.5) is 5.69 Å². The molecule has 1 aliphatic rings. The first-order valence-corrected chi connectivity index (χ1v) is 11.5. The van der Waals surface area contributed by atoms with Crippen LogP contribution in [0.2, 0.25) is 0 Å². The van der Waals surface area contributed by atoms with Crippen LogP contribution in [0.25, 0.3) is 11.0 Å². The van der Waals surface area contributed by atoms with Crippen molar-refractivity contribution in [1.29, 1.82) is 0 Å². The fourth-order valence-electron chi connectivity index (χ4n) is 2.77. The van der Waals surface area contributed by atoms with Crippen LogP contribution in [-0.4, -0.2) is 31.0 Å². The average Bonchev–Trinajstić information content (AvgIpc) is 3.17. The predicted octanol–water partition coefficient (Wildman–Crippen LogP) is 2.54. The number of rotatable bonds is 5. The fourth-order valence-corrected chi connectivity index (χ4v) is 4.49. The van der Waals surface area contributed by atoms with Crippen molar-refractivity contribution in [3.8, 4) is 0 Å². The Balaban J connectivity index is 1.51. The highest BCUT2D eigenvalue weighted by Crippen LogP contribution is 2.21. The molecule has 0 unspecified atom stereocenters. The zero-order chi connectivity index (χ0) is 22.0. The van der Waals surface area contributed by atoms with E-state index in [0.717, 1.165) is 5.56 Å². The van der Waals surface area contributed by atoms with Gasteiger partial charge < -0.3 is 9.73 Å². The lowest BCUT2D eigenvalue weighted by molar-refractivity contribution is -0.116. The number of benzene rings is 2. The Morgan fingerprint density at radius 2 is 1.87 bits per heavy atom. The lowest BCUT2D eigenvalue weighted by Gasteiger charge is -2.09. The third-order valence-electron chi connectivity index (χ3n) is 4.33. The highest BCUT2D eigenvalue weighted by molar-refractivity contribution is 8.15. The van der Waals surface area contributed by atoms with Crippen LogP contribution in [0.15, 0.2) is 78.9 Å². The molecule has 0 bridgehead atoms. The predicted molar refractivity (Wildman–Crippen MR) is 120 cm³/mol. The number of amides is 1. The van der Waals surface area contributed by atoms with Crippen LogP contribution in [0.1, 0.15) is 12.5 Å². The van der Waals surface area contributed by atoms with E-state index in [1.165, 1.54) is 42.1 Å². The van der Waals surface area contributed by atoms with E-state index in [0.29, 0.717) is 33.3 Å². The number of hydrogen-bond acceptors (Lipinski definition) is 8. The highest BCUT2D eigenvalue weighted by Gasteiger charge is 2.17. The van der Waals surface area contributed by atoms with Crippen LogP contribution in [0.3, 0.4) is 0 Å². The first kappa shape index (κ1) is 20.8. The summed E-state index contributed by atoms with van der Waals surface area (Å²) in [6, 6.07) is 13.7. The van der Waals surface area contributed by atoms with E-state index in [-0.39, 0.29) is 10.8 Å². The average molecular weight is 457 g/mol. The van der Waals surface area contributed by atoms with E-state index in [1.54, 1.807) is 31.2 Å². The van der Waals surface area contributed by atoms with E-state index in [1.807, 2.05) is 0 Å². The maximum atomic E-state index is 12.7. The van der Waals surface area contributed by atoms with Crippen LogP contribution in [-0.2, 0) is 14.8 Å². The van der Waals surface area contributed by atoms with E-state index >= 15 is 0 Å². The van der Waals surface area contributed by atoms with Crippen molar-refractivity contribution in [1.82, 2.24) is 5.32 Å². The van der Waals surface area contributed by atoms with Gasteiger partial charge in [-0.1, -0.05) is 23.9 Å². The molecular formula is C20H16N4O5S2. The second kappa shape index (κ2) is 8.36. The minimum Gasteiger partial charge on any atom is -0.423 e. The summed E-state index contributed by atoms with van der Waals surface area (Å²) in [6.45, 7) is 1.76. The van der Waals surface area contributed by atoms with E-state index < -0.39 is 15.6 Å². The number of amidine groups is 1. The minimum atomic E-state index is -3.84. The van der Waals surface area contributed by atoms with Crippen molar-refractivity contribution in [2.24, 2.45) is 10.2 Å². The number of nitrogens with zero attached hydrogens (tertiary/aromatic N) is 2. The first-order valence-electron chi connectivity index (χ1n) is 9.02. The molecule has 31 heavy (non-hydrogen) atoms. The maximum Gasteiger partial charge on any atom is 0.336 e. The van der Waals surface area contributed by atoms with Gasteiger partial charge in [-0.25, -0.2) is 13.2 Å². The standard InChI is InChI=1S/C20H16N4O5S2/c1-12(22-23-20-21-18(25)11-30-20)13-2-5-15(6-3-13)24-31(27,28)16-7-8-17-14(10-16)4-9-19(26)29-17/h2-10,24H,11H2,1H3,(H,21,23,25)/b22-12+. The molecule has 1 aromatic heterocycles. The Kier molecular flexibility index (Phi) is 5.61. The van der Waals surface area contributed by atoms with Crippen LogP contribution >= 0.6 is 11.8 Å². The van der Waals surface area contributed by atoms with Crippen LogP contribution < -0.4 is 15.7 Å². The summed E-state index contributed by atoms with van der Waals surface area (Å²) < 4.78 is 33.0. The van der Waals surface area contributed by atoms with Gasteiger partial charge in [0.15, 0.2) is 5.17 Å². The minimum absolute atomic E-state index is 0.0441. The molecular weight excluding hydrogens is 440 g/mol. The summed E-state index contributed by atoms with van der Waals surface area (Å²) >= 11 is 1.28. The van der Waals surface area contributed by atoms with Crippen molar-refractivity contribution >= 4 is 55.2 Å². The van der Waals surface area contributed by atoms with Gasteiger partial charge in [0.05, 0.1) is 16.4 Å². The van der Waals surface area contributed by atoms with Crippen molar-refractivity contribution < 1.29 is 17.6 Å². The molecule has 2 aromatic carbocycles. The van der Waals surface area contributed by atoms with Gasteiger partial charge in [-0.05, 0) is 48.9 Å². The molecule has 2 N–H and O–H groups in total. The highest BCUT2D eigenvalue weighted by atomic mass is 32.2. The van der Waals surface area contributed by atoms with Gasteiger partial charge in [0.2, 0.25) is 5.91 Å². The normalized spacial score (nSPS) is 16.0. The largest absolute Gasteiger partial charge is 0.423 e. The molecule has 1 aliphatic heterocycles. The quantitative estimate of drug-likeness (QED) is 0.345. The van der Waals surface area contributed by atoms with Crippen molar-refractivity contribution in [2.75, 3.05) is 10.5 Å². The number of nitrogens with one attached hydrogen (secondary N) is 2. The van der Waals surface area contributed by atoms with Crippen molar-refractivity contribution in [3.63, 3.8) is 0 Å². The molecule has 1 amide bonds. The molecule has 1 fully saturated rings. The maximum absolute atomic E-state index is 12.7. The van der Waals surface area contributed by atoms with Gasteiger partial charge in [0.25, 0.3) is 10.0 Å². The van der Waals surface area contributed by atoms with E-state index in [9.17, 15) is 18.0 Å². The summed E-state index contributed by atoms with van der Waals surface area (Å²) in [5, 5.41) is 11.6. The monoisotopic (exact) mass is 456 g/mol. The zero-order valence-electron chi connectivity index (χ0n) is 16.2. The summed E-state index contributed by atoms with van der Waals surface area (Å²) in [5.41, 5.74) is 1.55. The van der Waals surface area contributed by atoms with Gasteiger partial charge in [-0.15, -0.1) is 5.10 Å². The summed E-state index contributed by atoms with van der Waals surface area (Å²) in [4.78, 5) is 22.5. The molecule has 3 aromatic rings. The van der Waals surface area contributed by atoms with Gasteiger partial charge >= 0.3 is 5.63 Å². The van der Waals surface area contributed by atoms with Crippen molar-refractivity contribution in [3.05, 3.63) is 70.6 Å². The van der Waals surface area contributed by atoms with Crippen molar-refractivity contribution in [2.45, 2.75) is 11.8 Å². The third-order valence-corrected chi connectivity index (χ3v) is 6.58. The van der Waals surface area contributed by atoms with Gasteiger partial charge in [0, 0.05) is 17.1 Å². The number of anilines is 1. The fraction of sp³-hybridized carbons (Fsp3) is 0.100. The second-order valence-corrected chi connectivity index (χ2v) is 9.21. The van der Waals surface area contributed by atoms with E-state index in [2.05, 4.69) is 20.2 Å². The molecule has 0 saturated carbocycles. The third kappa shape index (κ3) is 4.84. The summed E-state index contributed by atoms with van der Waals surface area (Å²) in [6.07, 6.45) is 0. The molecule has 11 heteroatoms. The lowest BCUT2D eigenvalue weighted by Crippen LogP contribution is -2.19. The number of sulfonamides is 1. The first-order chi connectivity index (χ1) is 14.8. The summed E-state index contributed by atoms with van der Waals surface area (Å²) in [5.74, 6) is 0.220. The number of fused-ring (bicyclic) bond motifs is 1. The molecule has 158 valence electrons. The topological polar surface area (TPSA) is 130 Å². The number of carbonyl (C=O) groups is 1. The lowest BCUT2D eigenvalue weighted by atomic mass is 10.1. The molecule has 0 atom stereocenters. The number of hydrogen-bond donors (Lipinski definition) is 2. The Hall–Kier alpha value is -3.44. The van der Waals surface area contributed by atoms with E-state index in [4.69, 9.17) is 4.42 Å². The Morgan fingerprint density at radius 3 is 2.58 bits per heavy atom. The zero-order valence-corrected chi connectivity index (χ0v) is 17.8. The van der Waals surface area contributed by atoms with Crippen LogP contribution in [0.5, 0.6) is 0 Å². The molecule has 4 rings (SSSR count). The molecule has 0 radical (unpaired) electrons. The molecule has 9 nitrogen and oxygen atoms in total. The molecule has 2 heterocycles. The number of thioether (sulfide) groups is 1. The molecule has 1 saturated heterocycles. The SMILES string of the molecule is C/C(=N\N=C1/NC(=O)CS1)c1ccc(NS(=O)(=O)c2ccc3oc(=O)ccc3c2)cc1. The Labute approximate surface area is 181 Å². The smallest absolute Gasteiger partial charge is 0.336 e. The molecule has 0 spiro atoms. The Morgan fingerprint density at radius 1 is 1.10 bits per heavy atom. The summed E-state index contributed by atoms with van der Waals surface area (Å²) in [7, 11) is -3.84. The van der Waals surface area contributed by atoms with Gasteiger partial charge in [-0.3, -0.25) is 9.52 Å². The second-order valence-electron chi connectivity index (χ2n) is 6.56. The van der Waals surface area contributed by atoms with Gasteiger partial charge in [0.1, 0.15) is 5.58 Å². The number of carbonyl (C=O) groups excluding carboxylic acids is 1. The van der Waals surface area contributed by atoms with Gasteiger partial charge in [-0.2, -0.15) is 5.10 Å².